The van der Waals surface area contributed by atoms with Gasteiger partial charge in [-0.3, -0.25) is 9.89 Å². The van der Waals surface area contributed by atoms with Crippen LogP contribution in [0.5, 0.6) is 0 Å². The number of benzene rings is 1. The molecule has 1 unspecified atom stereocenters. The molecule has 5 nitrogen and oxygen atoms in total. The summed E-state index contributed by atoms with van der Waals surface area (Å²) in [6.07, 6.45) is 1.26. The number of guanidine groups is 1. The SMILES string of the molecule is CN=C(NCc1ccc(CN2CCCN(C)CC2)cc1)NC(C)C(C)C. The molecule has 0 spiro atoms. The van der Waals surface area contributed by atoms with Crippen LogP contribution in [-0.4, -0.2) is 62.1 Å². The highest BCUT2D eigenvalue weighted by Gasteiger charge is 2.12. The molecule has 1 aromatic carbocycles. The van der Waals surface area contributed by atoms with E-state index in [0.29, 0.717) is 12.0 Å². The number of nitrogens with zero attached hydrogens (tertiary/aromatic N) is 3. The second kappa shape index (κ2) is 10.5. The Kier molecular flexibility index (Phi) is 8.39. The summed E-state index contributed by atoms with van der Waals surface area (Å²) in [7, 11) is 4.04. The zero-order chi connectivity index (χ0) is 18.9. The molecule has 1 aliphatic rings. The Labute approximate surface area is 159 Å². The maximum atomic E-state index is 4.32. The van der Waals surface area contributed by atoms with Crippen molar-refractivity contribution in [3.05, 3.63) is 35.4 Å². The molecule has 1 heterocycles. The second-order valence-electron chi connectivity index (χ2n) is 7.85. The molecule has 5 heteroatoms. The number of rotatable bonds is 6. The van der Waals surface area contributed by atoms with Crippen LogP contribution >= 0.6 is 0 Å². The number of likely N-dealkylation sites (N-methyl/N-ethyl adjacent to an activating group) is 1. The van der Waals surface area contributed by atoms with Gasteiger partial charge in [-0.1, -0.05) is 38.1 Å². The molecule has 1 atom stereocenters. The van der Waals surface area contributed by atoms with Crippen LogP contribution in [0.3, 0.4) is 0 Å². The lowest BCUT2D eigenvalue weighted by atomic mass is 10.1. The molecular formula is C21H37N5. The first-order chi connectivity index (χ1) is 12.5. The van der Waals surface area contributed by atoms with Gasteiger partial charge in [0, 0.05) is 39.3 Å². The van der Waals surface area contributed by atoms with Gasteiger partial charge in [-0.15, -0.1) is 0 Å². The summed E-state index contributed by atoms with van der Waals surface area (Å²) in [5.41, 5.74) is 2.68. The average Bonchev–Trinajstić information content (AvgIpc) is 2.83. The zero-order valence-electron chi connectivity index (χ0n) is 17.3. The van der Waals surface area contributed by atoms with Crippen LogP contribution in [0.2, 0.25) is 0 Å². The summed E-state index contributed by atoms with van der Waals surface area (Å²) >= 11 is 0. The molecule has 146 valence electrons. The van der Waals surface area contributed by atoms with Gasteiger partial charge < -0.3 is 15.5 Å². The highest BCUT2D eigenvalue weighted by Crippen LogP contribution is 2.10. The molecule has 0 radical (unpaired) electrons. The average molecular weight is 360 g/mol. The van der Waals surface area contributed by atoms with E-state index in [2.05, 4.69) is 77.5 Å². The molecule has 1 aliphatic heterocycles. The fourth-order valence-corrected chi connectivity index (χ4v) is 3.04. The van der Waals surface area contributed by atoms with Gasteiger partial charge in [0.15, 0.2) is 5.96 Å². The van der Waals surface area contributed by atoms with Crippen LogP contribution in [0.1, 0.15) is 38.3 Å². The summed E-state index contributed by atoms with van der Waals surface area (Å²) in [6, 6.07) is 9.38. The van der Waals surface area contributed by atoms with Gasteiger partial charge in [-0.05, 0) is 50.5 Å². The normalized spacial score (nSPS) is 18.6. The molecule has 0 saturated carbocycles. The van der Waals surface area contributed by atoms with Crippen molar-refractivity contribution in [3.8, 4) is 0 Å². The smallest absolute Gasteiger partial charge is 0.191 e. The van der Waals surface area contributed by atoms with Crippen molar-refractivity contribution >= 4 is 5.96 Å². The zero-order valence-corrected chi connectivity index (χ0v) is 17.3. The molecule has 2 N–H and O–H groups in total. The Morgan fingerprint density at radius 3 is 2.38 bits per heavy atom. The minimum absolute atomic E-state index is 0.399. The summed E-state index contributed by atoms with van der Waals surface area (Å²) in [4.78, 5) is 9.31. The maximum Gasteiger partial charge on any atom is 0.191 e. The van der Waals surface area contributed by atoms with Crippen molar-refractivity contribution in [2.75, 3.05) is 40.3 Å². The molecule has 1 saturated heterocycles. The topological polar surface area (TPSA) is 42.9 Å². The van der Waals surface area contributed by atoms with Crippen molar-refractivity contribution in [2.24, 2.45) is 10.9 Å². The molecular weight excluding hydrogens is 322 g/mol. The summed E-state index contributed by atoms with van der Waals surface area (Å²) < 4.78 is 0. The fourth-order valence-electron chi connectivity index (χ4n) is 3.04. The predicted molar refractivity (Wildman–Crippen MR) is 111 cm³/mol. The summed E-state index contributed by atoms with van der Waals surface area (Å²) in [5, 5.41) is 6.85. The third-order valence-corrected chi connectivity index (χ3v) is 5.29. The van der Waals surface area contributed by atoms with E-state index in [1.165, 1.54) is 37.2 Å². The van der Waals surface area contributed by atoms with E-state index in [9.17, 15) is 0 Å². The van der Waals surface area contributed by atoms with Crippen LogP contribution in [0.25, 0.3) is 0 Å². The number of aliphatic imine (C=N–C) groups is 1. The summed E-state index contributed by atoms with van der Waals surface area (Å²) in [6.45, 7) is 13.2. The Bertz CT molecular complexity index is 552. The second-order valence-corrected chi connectivity index (χ2v) is 7.85. The maximum absolute atomic E-state index is 4.32. The van der Waals surface area contributed by atoms with Gasteiger partial charge in [-0.2, -0.15) is 0 Å². The van der Waals surface area contributed by atoms with E-state index in [4.69, 9.17) is 0 Å². The highest BCUT2D eigenvalue weighted by molar-refractivity contribution is 5.79. The number of nitrogens with one attached hydrogen (secondary N) is 2. The minimum Gasteiger partial charge on any atom is -0.354 e. The molecule has 1 fully saturated rings. The Hall–Kier alpha value is -1.59. The molecule has 26 heavy (non-hydrogen) atoms. The number of hydrogen-bond acceptors (Lipinski definition) is 3. The number of hydrogen-bond donors (Lipinski definition) is 2. The lowest BCUT2D eigenvalue weighted by Crippen LogP contribution is -2.43. The van der Waals surface area contributed by atoms with Gasteiger partial charge in [0.05, 0.1) is 0 Å². The molecule has 2 rings (SSSR count). The first-order valence-electron chi connectivity index (χ1n) is 9.94. The van der Waals surface area contributed by atoms with Gasteiger partial charge >= 0.3 is 0 Å². The molecule has 0 aliphatic carbocycles. The van der Waals surface area contributed by atoms with E-state index in [1.54, 1.807) is 0 Å². The predicted octanol–water partition coefficient (Wildman–Crippen LogP) is 2.53. The monoisotopic (exact) mass is 359 g/mol. The Morgan fingerprint density at radius 1 is 1.04 bits per heavy atom. The van der Waals surface area contributed by atoms with Crippen molar-refractivity contribution in [1.82, 2.24) is 20.4 Å². The molecule has 0 amide bonds. The van der Waals surface area contributed by atoms with Crippen LogP contribution in [0.4, 0.5) is 0 Å². The van der Waals surface area contributed by atoms with Crippen LogP contribution < -0.4 is 10.6 Å². The van der Waals surface area contributed by atoms with Crippen LogP contribution in [-0.2, 0) is 13.1 Å². The van der Waals surface area contributed by atoms with E-state index < -0.39 is 0 Å². The lowest BCUT2D eigenvalue weighted by molar-refractivity contribution is 0.269. The molecule has 0 bridgehead atoms. The standard InChI is InChI=1S/C21H37N5/c1-17(2)18(3)24-21(22-4)23-15-19-7-9-20(10-8-19)16-26-12-6-11-25(5)13-14-26/h7-10,17-18H,6,11-16H2,1-5H3,(H2,22,23,24). The molecule has 1 aromatic rings. The van der Waals surface area contributed by atoms with Crippen LogP contribution in [0.15, 0.2) is 29.3 Å². The van der Waals surface area contributed by atoms with Crippen LogP contribution in [0, 0.1) is 5.92 Å². The Balaban J connectivity index is 1.81. The lowest BCUT2D eigenvalue weighted by Gasteiger charge is -2.21. The van der Waals surface area contributed by atoms with E-state index >= 15 is 0 Å². The third-order valence-electron chi connectivity index (χ3n) is 5.29. The van der Waals surface area contributed by atoms with Gasteiger partial charge in [-0.25, -0.2) is 0 Å². The highest BCUT2D eigenvalue weighted by atomic mass is 15.2. The van der Waals surface area contributed by atoms with Gasteiger partial charge in [0.25, 0.3) is 0 Å². The summed E-state index contributed by atoms with van der Waals surface area (Å²) in [5.74, 6) is 1.44. The minimum atomic E-state index is 0.399. The quantitative estimate of drug-likeness (QED) is 0.605. The van der Waals surface area contributed by atoms with Crippen molar-refractivity contribution in [2.45, 2.75) is 46.3 Å². The van der Waals surface area contributed by atoms with Gasteiger partial charge in [0.1, 0.15) is 0 Å². The van der Waals surface area contributed by atoms with Crippen molar-refractivity contribution < 1.29 is 0 Å². The van der Waals surface area contributed by atoms with E-state index in [0.717, 1.165) is 25.6 Å². The van der Waals surface area contributed by atoms with E-state index in [1.807, 2.05) is 7.05 Å². The van der Waals surface area contributed by atoms with Crippen molar-refractivity contribution in [3.63, 3.8) is 0 Å². The Morgan fingerprint density at radius 2 is 1.73 bits per heavy atom. The van der Waals surface area contributed by atoms with Gasteiger partial charge in [0.2, 0.25) is 0 Å². The van der Waals surface area contributed by atoms with Crippen molar-refractivity contribution in [1.29, 1.82) is 0 Å². The molecule has 0 aromatic heterocycles. The first kappa shape index (κ1) is 20.7. The van der Waals surface area contributed by atoms with E-state index in [-0.39, 0.29) is 0 Å². The fraction of sp³-hybridized carbons (Fsp3) is 0.667. The largest absolute Gasteiger partial charge is 0.354 e. The third kappa shape index (κ3) is 6.96. The first-order valence-corrected chi connectivity index (χ1v) is 9.94.